The van der Waals surface area contributed by atoms with E-state index in [0.717, 1.165) is 47.5 Å². The fourth-order valence-corrected chi connectivity index (χ4v) is 6.83. The summed E-state index contributed by atoms with van der Waals surface area (Å²) in [6.07, 6.45) is 8.14. The number of pyridine rings is 2. The third kappa shape index (κ3) is 4.76. The molecule has 39 heavy (non-hydrogen) atoms. The third-order valence-electron chi connectivity index (χ3n) is 7.44. The highest BCUT2D eigenvalue weighted by atomic mass is 32.2. The number of nitrogens with zero attached hydrogens (tertiary/aromatic N) is 3. The number of benzene rings is 1. The lowest BCUT2D eigenvalue weighted by Gasteiger charge is -2.36. The highest BCUT2D eigenvalue weighted by Crippen LogP contribution is 2.50. The van der Waals surface area contributed by atoms with Crippen LogP contribution in [-0.2, 0) is 9.59 Å². The summed E-state index contributed by atoms with van der Waals surface area (Å²) in [5.74, 6) is -0.425. The first-order valence-electron chi connectivity index (χ1n) is 13.0. The Bertz CT molecular complexity index is 1450. The molecule has 4 atom stereocenters. The SMILES string of the molecule is C=CC(=O)N[C@@H]1CCCC[C@H]1NC(=O)C1Sc2nccc3c2C1NC(=O)N3c1ccnc(-c2ccccc2)c1. The molecular formula is C29H28N6O3S. The molecule has 0 radical (unpaired) electrons. The summed E-state index contributed by atoms with van der Waals surface area (Å²) in [6, 6.07) is 14.1. The standard InChI is InChI=1S/C29H28N6O3S/c1-2-23(36)32-19-10-6-7-11-20(19)33-27(37)26-25-24-22(13-15-31-28(24)39-26)35(29(38)34-25)18-12-14-30-21(16-18)17-8-4-3-5-9-17/h2-5,8-9,12-16,19-20,25-26H,1,6-7,10-11H2,(H,32,36)(H,33,37)(H,34,38)/t19-,20-,25?,26?/m1/s1. The number of hydrogen-bond acceptors (Lipinski definition) is 6. The molecule has 0 bridgehead atoms. The Hall–Kier alpha value is -4.18. The zero-order valence-corrected chi connectivity index (χ0v) is 22.0. The van der Waals surface area contributed by atoms with Gasteiger partial charge in [-0.1, -0.05) is 61.5 Å². The maximum absolute atomic E-state index is 13.6. The summed E-state index contributed by atoms with van der Waals surface area (Å²) in [6.45, 7) is 3.53. The fourth-order valence-electron chi connectivity index (χ4n) is 5.59. The molecule has 1 aliphatic carbocycles. The summed E-state index contributed by atoms with van der Waals surface area (Å²) in [5.41, 5.74) is 3.92. The largest absolute Gasteiger partial charge is 0.350 e. The van der Waals surface area contributed by atoms with Crippen LogP contribution in [0.25, 0.3) is 11.3 Å². The molecule has 6 rings (SSSR count). The Labute approximate surface area is 230 Å². The van der Waals surface area contributed by atoms with Crippen molar-refractivity contribution in [2.24, 2.45) is 0 Å². The molecule has 4 heterocycles. The number of carbonyl (C=O) groups is 3. The summed E-state index contributed by atoms with van der Waals surface area (Å²) in [7, 11) is 0. The summed E-state index contributed by atoms with van der Waals surface area (Å²) in [4.78, 5) is 49.7. The highest BCUT2D eigenvalue weighted by molar-refractivity contribution is 8.01. The predicted octanol–water partition coefficient (Wildman–Crippen LogP) is 4.25. The van der Waals surface area contributed by atoms with Gasteiger partial charge in [-0.2, -0.15) is 0 Å². The average Bonchev–Trinajstić information content (AvgIpc) is 3.34. The second-order valence-corrected chi connectivity index (χ2v) is 11.0. The van der Waals surface area contributed by atoms with Gasteiger partial charge in [0.2, 0.25) is 11.8 Å². The molecule has 4 amide bonds. The maximum atomic E-state index is 13.6. The van der Waals surface area contributed by atoms with Crippen LogP contribution in [0, 0.1) is 0 Å². The average molecular weight is 541 g/mol. The van der Waals surface area contributed by atoms with Gasteiger partial charge in [0, 0.05) is 35.6 Å². The summed E-state index contributed by atoms with van der Waals surface area (Å²) < 4.78 is 0. The molecule has 3 aromatic rings. The number of urea groups is 1. The van der Waals surface area contributed by atoms with Crippen LogP contribution >= 0.6 is 11.8 Å². The van der Waals surface area contributed by atoms with Crippen LogP contribution in [0.3, 0.4) is 0 Å². The molecule has 3 aliphatic rings. The van der Waals surface area contributed by atoms with Crippen LogP contribution in [0.1, 0.15) is 37.3 Å². The Morgan fingerprint density at radius 3 is 2.54 bits per heavy atom. The number of aromatic nitrogens is 2. The van der Waals surface area contributed by atoms with E-state index in [0.29, 0.717) is 11.4 Å². The zero-order valence-electron chi connectivity index (χ0n) is 21.2. The molecule has 3 N–H and O–H groups in total. The van der Waals surface area contributed by atoms with Crippen molar-refractivity contribution in [3.8, 4) is 11.3 Å². The lowest BCUT2D eigenvalue weighted by atomic mass is 9.89. The highest BCUT2D eigenvalue weighted by Gasteiger charge is 2.47. The molecule has 0 spiro atoms. The zero-order chi connectivity index (χ0) is 26.9. The van der Waals surface area contributed by atoms with Gasteiger partial charge in [0.15, 0.2) is 0 Å². The Morgan fingerprint density at radius 1 is 1.03 bits per heavy atom. The van der Waals surface area contributed by atoms with Crippen LogP contribution in [0.15, 0.2) is 78.6 Å². The van der Waals surface area contributed by atoms with Crippen LogP contribution < -0.4 is 20.9 Å². The van der Waals surface area contributed by atoms with E-state index in [4.69, 9.17) is 0 Å². The first-order valence-corrected chi connectivity index (χ1v) is 13.9. The molecule has 198 valence electrons. The van der Waals surface area contributed by atoms with Gasteiger partial charge in [0.25, 0.3) is 0 Å². The van der Waals surface area contributed by atoms with Gasteiger partial charge in [0.1, 0.15) is 10.3 Å². The van der Waals surface area contributed by atoms with Crippen LogP contribution in [-0.4, -0.2) is 45.1 Å². The molecule has 2 aromatic heterocycles. The van der Waals surface area contributed by atoms with Crippen molar-refractivity contribution in [3.63, 3.8) is 0 Å². The minimum absolute atomic E-state index is 0.155. The van der Waals surface area contributed by atoms with Crippen molar-refractivity contribution in [3.05, 3.63) is 79.1 Å². The van der Waals surface area contributed by atoms with Gasteiger partial charge >= 0.3 is 6.03 Å². The fraction of sp³-hybridized carbons (Fsp3) is 0.276. The first kappa shape index (κ1) is 25.1. The van der Waals surface area contributed by atoms with E-state index in [1.165, 1.54) is 17.8 Å². The Morgan fingerprint density at radius 2 is 1.77 bits per heavy atom. The van der Waals surface area contributed by atoms with E-state index in [1.54, 1.807) is 23.4 Å². The van der Waals surface area contributed by atoms with Crippen LogP contribution in [0.2, 0.25) is 0 Å². The smallest absolute Gasteiger partial charge is 0.327 e. The molecular weight excluding hydrogens is 512 g/mol. The van der Waals surface area contributed by atoms with Crippen molar-refractivity contribution in [2.75, 3.05) is 4.90 Å². The van der Waals surface area contributed by atoms with Gasteiger partial charge in [-0.25, -0.2) is 9.78 Å². The number of carbonyl (C=O) groups excluding carboxylic acids is 3. The van der Waals surface area contributed by atoms with E-state index in [2.05, 4.69) is 32.5 Å². The van der Waals surface area contributed by atoms with Crippen molar-refractivity contribution in [1.29, 1.82) is 0 Å². The normalized spacial score (nSPS) is 23.4. The minimum atomic E-state index is -0.574. The van der Waals surface area contributed by atoms with Gasteiger partial charge in [-0.15, -0.1) is 0 Å². The number of hydrogen-bond donors (Lipinski definition) is 3. The molecule has 10 heteroatoms. The van der Waals surface area contributed by atoms with E-state index in [-0.39, 0.29) is 29.9 Å². The molecule has 2 aliphatic heterocycles. The molecule has 9 nitrogen and oxygen atoms in total. The van der Waals surface area contributed by atoms with Gasteiger partial charge < -0.3 is 16.0 Å². The number of thioether (sulfide) groups is 1. The number of rotatable bonds is 6. The number of anilines is 2. The van der Waals surface area contributed by atoms with Crippen LogP contribution in [0.5, 0.6) is 0 Å². The second-order valence-electron chi connectivity index (χ2n) is 9.83. The van der Waals surface area contributed by atoms with E-state index in [1.807, 2.05) is 42.5 Å². The molecule has 1 saturated carbocycles. The monoisotopic (exact) mass is 540 g/mol. The topological polar surface area (TPSA) is 116 Å². The lowest BCUT2D eigenvalue weighted by Crippen LogP contribution is -2.56. The quantitative estimate of drug-likeness (QED) is 0.403. The Kier molecular flexibility index (Phi) is 6.78. The van der Waals surface area contributed by atoms with E-state index < -0.39 is 11.3 Å². The van der Waals surface area contributed by atoms with Gasteiger partial charge in [-0.3, -0.25) is 19.5 Å². The third-order valence-corrected chi connectivity index (χ3v) is 8.73. The first-order chi connectivity index (χ1) is 19.0. The Balaban J connectivity index is 1.26. The van der Waals surface area contributed by atoms with Crippen LogP contribution in [0.4, 0.5) is 16.2 Å². The van der Waals surface area contributed by atoms with E-state index >= 15 is 0 Å². The second kappa shape index (κ2) is 10.5. The van der Waals surface area contributed by atoms with Crippen molar-refractivity contribution in [1.82, 2.24) is 25.9 Å². The van der Waals surface area contributed by atoms with Gasteiger partial charge in [0.05, 0.1) is 23.1 Å². The van der Waals surface area contributed by atoms with E-state index in [9.17, 15) is 14.4 Å². The van der Waals surface area contributed by atoms with Gasteiger partial charge in [-0.05, 0) is 37.1 Å². The maximum Gasteiger partial charge on any atom is 0.327 e. The minimum Gasteiger partial charge on any atom is -0.350 e. The molecule has 0 saturated heterocycles. The van der Waals surface area contributed by atoms with Crippen molar-refractivity contribution < 1.29 is 14.4 Å². The predicted molar refractivity (Wildman–Crippen MR) is 149 cm³/mol. The molecule has 1 fully saturated rings. The molecule has 1 aromatic carbocycles. The summed E-state index contributed by atoms with van der Waals surface area (Å²) in [5, 5.41) is 9.32. The van der Waals surface area contributed by atoms with Crippen molar-refractivity contribution in [2.45, 2.75) is 54.1 Å². The van der Waals surface area contributed by atoms with Crippen molar-refractivity contribution >= 4 is 41.0 Å². The number of nitrogens with one attached hydrogen (secondary N) is 3. The molecule has 2 unspecified atom stereocenters. The lowest BCUT2D eigenvalue weighted by molar-refractivity contribution is -0.123. The summed E-state index contributed by atoms with van der Waals surface area (Å²) >= 11 is 1.36. The number of amides is 4.